The monoisotopic (exact) mass is 464 g/mol. The Bertz CT molecular complexity index is 773. The van der Waals surface area contributed by atoms with Crippen molar-refractivity contribution in [2.75, 3.05) is 18.6 Å². The molecule has 2 amide bonds. The molecule has 0 fully saturated rings. The van der Waals surface area contributed by atoms with Gasteiger partial charge in [-0.2, -0.15) is 11.8 Å². The number of benzene rings is 2. The Morgan fingerprint density at radius 1 is 1.07 bits per heavy atom. The molecule has 0 saturated heterocycles. The lowest BCUT2D eigenvalue weighted by molar-refractivity contribution is -0.130. The normalized spacial score (nSPS) is 12.7. The summed E-state index contributed by atoms with van der Waals surface area (Å²) < 4.78 is 6.40. The van der Waals surface area contributed by atoms with E-state index in [0.717, 1.165) is 15.8 Å². The van der Waals surface area contributed by atoms with E-state index in [1.807, 2.05) is 55.6 Å². The number of hydrogen-bond acceptors (Lipinski definition) is 4. The molecule has 0 aliphatic heterocycles. The number of ether oxygens (including phenoxy) is 1. The standard InChI is InChI=1S/C21H25BrN2O3S/c1-15(17-10-6-7-11-18(17)22)23-21(26)19(12-13-28-2)24-20(25)14-27-16-8-4-3-5-9-16/h3-11,15,19H,12-14H2,1-2H3,(H,23,26)(H,24,25). The highest BCUT2D eigenvalue weighted by Crippen LogP contribution is 2.22. The van der Waals surface area contributed by atoms with Gasteiger partial charge in [0.2, 0.25) is 5.91 Å². The lowest BCUT2D eigenvalue weighted by atomic mass is 10.1. The molecule has 0 heterocycles. The Balaban J connectivity index is 1.94. The van der Waals surface area contributed by atoms with E-state index in [-0.39, 0.29) is 24.5 Å². The molecular formula is C21H25BrN2O3S. The van der Waals surface area contributed by atoms with Gasteiger partial charge in [-0.25, -0.2) is 0 Å². The summed E-state index contributed by atoms with van der Waals surface area (Å²) in [7, 11) is 0. The van der Waals surface area contributed by atoms with Gasteiger partial charge in [-0.3, -0.25) is 9.59 Å². The number of amides is 2. The van der Waals surface area contributed by atoms with Crippen LogP contribution in [-0.2, 0) is 9.59 Å². The second-order valence-corrected chi connectivity index (χ2v) is 8.10. The van der Waals surface area contributed by atoms with Crippen LogP contribution in [0.25, 0.3) is 0 Å². The predicted octanol–water partition coefficient (Wildman–Crippen LogP) is 3.94. The van der Waals surface area contributed by atoms with E-state index in [2.05, 4.69) is 26.6 Å². The molecule has 0 spiro atoms. The predicted molar refractivity (Wildman–Crippen MR) is 118 cm³/mol. The van der Waals surface area contributed by atoms with Gasteiger partial charge in [0, 0.05) is 4.47 Å². The summed E-state index contributed by atoms with van der Waals surface area (Å²) in [5.74, 6) is 0.857. The van der Waals surface area contributed by atoms with Crippen LogP contribution in [0.1, 0.15) is 24.9 Å². The molecule has 0 aromatic heterocycles. The maximum Gasteiger partial charge on any atom is 0.258 e. The first kappa shape index (κ1) is 22.3. The average Bonchev–Trinajstić information content (AvgIpc) is 2.70. The van der Waals surface area contributed by atoms with E-state index < -0.39 is 6.04 Å². The summed E-state index contributed by atoms with van der Waals surface area (Å²) in [4.78, 5) is 25.0. The van der Waals surface area contributed by atoms with Crippen LogP contribution in [-0.4, -0.2) is 36.5 Å². The number of para-hydroxylation sites is 1. The number of thioether (sulfide) groups is 1. The molecular weight excluding hydrogens is 440 g/mol. The van der Waals surface area contributed by atoms with Crippen molar-refractivity contribution >= 4 is 39.5 Å². The number of hydrogen-bond donors (Lipinski definition) is 2. The summed E-state index contributed by atoms with van der Waals surface area (Å²) in [5.41, 5.74) is 0.984. The Labute approximate surface area is 178 Å². The second kappa shape index (κ2) is 11.8. The summed E-state index contributed by atoms with van der Waals surface area (Å²) >= 11 is 5.14. The van der Waals surface area contributed by atoms with Crippen LogP contribution in [0, 0.1) is 0 Å². The molecule has 150 valence electrons. The molecule has 28 heavy (non-hydrogen) atoms. The third-order valence-corrected chi connectivity index (χ3v) is 5.47. The van der Waals surface area contributed by atoms with Crippen molar-refractivity contribution in [3.05, 3.63) is 64.6 Å². The molecule has 2 atom stereocenters. The highest BCUT2D eigenvalue weighted by Gasteiger charge is 2.23. The SMILES string of the molecule is CSCCC(NC(=O)COc1ccccc1)C(=O)NC(C)c1ccccc1Br. The lowest BCUT2D eigenvalue weighted by Crippen LogP contribution is -2.48. The summed E-state index contributed by atoms with van der Waals surface area (Å²) in [6.07, 6.45) is 2.52. The van der Waals surface area contributed by atoms with Crippen molar-refractivity contribution in [3.8, 4) is 5.75 Å². The van der Waals surface area contributed by atoms with Crippen LogP contribution in [0.4, 0.5) is 0 Å². The van der Waals surface area contributed by atoms with Gasteiger partial charge in [0.1, 0.15) is 11.8 Å². The fraction of sp³-hybridized carbons (Fsp3) is 0.333. The molecule has 2 rings (SSSR count). The zero-order valence-corrected chi connectivity index (χ0v) is 18.4. The first-order valence-electron chi connectivity index (χ1n) is 9.02. The fourth-order valence-electron chi connectivity index (χ4n) is 2.62. The van der Waals surface area contributed by atoms with Crippen LogP contribution in [0.2, 0.25) is 0 Å². The van der Waals surface area contributed by atoms with E-state index in [1.165, 1.54) is 0 Å². The van der Waals surface area contributed by atoms with Crippen molar-refractivity contribution < 1.29 is 14.3 Å². The van der Waals surface area contributed by atoms with Crippen LogP contribution >= 0.6 is 27.7 Å². The quantitative estimate of drug-likeness (QED) is 0.558. The van der Waals surface area contributed by atoms with Crippen LogP contribution in [0.3, 0.4) is 0 Å². The molecule has 0 aliphatic rings. The van der Waals surface area contributed by atoms with Gasteiger partial charge in [0.25, 0.3) is 5.91 Å². The van der Waals surface area contributed by atoms with E-state index in [4.69, 9.17) is 4.74 Å². The van der Waals surface area contributed by atoms with Gasteiger partial charge in [0.05, 0.1) is 6.04 Å². The maximum absolute atomic E-state index is 12.8. The first-order valence-corrected chi connectivity index (χ1v) is 11.2. The van der Waals surface area contributed by atoms with E-state index in [9.17, 15) is 9.59 Å². The molecule has 0 aliphatic carbocycles. The fourth-order valence-corrected chi connectivity index (χ4v) is 3.72. The number of halogens is 1. The minimum Gasteiger partial charge on any atom is -0.484 e. The Hall–Kier alpha value is -1.99. The third kappa shape index (κ3) is 7.20. The molecule has 7 heteroatoms. The molecule has 0 bridgehead atoms. The van der Waals surface area contributed by atoms with E-state index in [0.29, 0.717) is 12.2 Å². The van der Waals surface area contributed by atoms with Crippen LogP contribution < -0.4 is 15.4 Å². The zero-order chi connectivity index (χ0) is 20.4. The third-order valence-electron chi connectivity index (χ3n) is 4.11. The Morgan fingerprint density at radius 3 is 2.43 bits per heavy atom. The highest BCUT2D eigenvalue weighted by atomic mass is 79.9. The summed E-state index contributed by atoms with van der Waals surface area (Å²) in [6.45, 7) is 1.79. The van der Waals surface area contributed by atoms with Crippen molar-refractivity contribution in [2.24, 2.45) is 0 Å². The minimum absolute atomic E-state index is 0.132. The number of carbonyl (C=O) groups is 2. The summed E-state index contributed by atoms with van der Waals surface area (Å²) in [6, 6.07) is 16.1. The zero-order valence-electron chi connectivity index (χ0n) is 16.0. The van der Waals surface area contributed by atoms with Crippen LogP contribution in [0.15, 0.2) is 59.1 Å². The van der Waals surface area contributed by atoms with Crippen molar-refractivity contribution in [1.82, 2.24) is 10.6 Å². The number of rotatable bonds is 10. The highest BCUT2D eigenvalue weighted by molar-refractivity contribution is 9.10. The topological polar surface area (TPSA) is 67.4 Å². The van der Waals surface area contributed by atoms with Gasteiger partial charge in [-0.05, 0) is 49.1 Å². The van der Waals surface area contributed by atoms with Gasteiger partial charge in [-0.15, -0.1) is 0 Å². The maximum atomic E-state index is 12.8. The Morgan fingerprint density at radius 2 is 1.75 bits per heavy atom. The lowest BCUT2D eigenvalue weighted by Gasteiger charge is -2.22. The van der Waals surface area contributed by atoms with Gasteiger partial charge >= 0.3 is 0 Å². The van der Waals surface area contributed by atoms with Crippen molar-refractivity contribution in [1.29, 1.82) is 0 Å². The van der Waals surface area contributed by atoms with E-state index in [1.54, 1.807) is 23.9 Å². The second-order valence-electron chi connectivity index (χ2n) is 6.26. The van der Waals surface area contributed by atoms with E-state index >= 15 is 0 Å². The smallest absolute Gasteiger partial charge is 0.258 e. The van der Waals surface area contributed by atoms with Gasteiger partial charge < -0.3 is 15.4 Å². The minimum atomic E-state index is -0.607. The molecule has 2 unspecified atom stereocenters. The van der Waals surface area contributed by atoms with Crippen molar-refractivity contribution in [3.63, 3.8) is 0 Å². The largest absolute Gasteiger partial charge is 0.484 e. The number of nitrogens with one attached hydrogen (secondary N) is 2. The van der Waals surface area contributed by atoms with Crippen molar-refractivity contribution in [2.45, 2.75) is 25.4 Å². The number of carbonyl (C=O) groups excluding carboxylic acids is 2. The molecule has 5 nitrogen and oxygen atoms in total. The molecule has 2 N–H and O–H groups in total. The average molecular weight is 465 g/mol. The molecule has 2 aromatic carbocycles. The summed E-state index contributed by atoms with van der Waals surface area (Å²) in [5, 5.41) is 5.78. The molecule has 0 saturated carbocycles. The first-order chi connectivity index (χ1) is 13.5. The molecule has 0 radical (unpaired) electrons. The van der Waals surface area contributed by atoms with Crippen LogP contribution in [0.5, 0.6) is 5.75 Å². The Kier molecular flexibility index (Phi) is 9.37. The van der Waals surface area contributed by atoms with Gasteiger partial charge in [0.15, 0.2) is 6.61 Å². The van der Waals surface area contributed by atoms with Gasteiger partial charge in [-0.1, -0.05) is 52.3 Å². The molecule has 2 aromatic rings.